The number of rotatable bonds is 0. The minimum Gasteiger partial charge on any atom is -0.222 e. The van der Waals surface area contributed by atoms with Crippen LogP contribution in [0.3, 0.4) is 0 Å². The van der Waals surface area contributed by atoms with E-state index >= 15 is 0 Å². The third-order valence-electron chi connectivity index (χ3n) is 0. The molecule has 0 aromatic carbocycles. The maximum Gasteiger partial charge on any atom is 0.258 e. The first-order chi connectivity index (χ1) is 1.73. The molecule has 0 unspecified atom stereocenters. The summed E-state index contributed by atoms with van der Waals surface area (Å²) >= 11 is -3.11. The Morgan fingerprint density at radius 2 is 1.50 bits per heavy atom. The molecule has 26 valence electrons. The van der Waals surface area contributed by atoms with Crippen LogP contribution >= 0.6 is 0 Å². The van der Waals surface area contributed by atoms with Crippen molar-refractivity contribution in [3.8, 4) is 0 Å². The van der Waals surface area contributed by atoms with Crippen LogP contribution in [0.4, 0.5) is 7.77 Å². The smallest absolute Gasteiger partial charge is 0.222 e. The molecule has 0 aliphatic rings. The minimum absolute atomic E-state index is 3.11. The van der Waals surface area contributed by atoms with Crippen LogP contribution in [0.25, 0.3) is 0 Å². The lowest BCUT2D eigenvalue weighted by Crippen LogP contribution is -1.42. The van der Waals surface area contributed by atoms with Gasteiger partial charge in [-0.2, -0.15) is 0 Å². The number of hydrogen-bond donors (Lipinski definition) is 1. The van der Waals surface area contributed by atoms with Crippen molar-refractivity contribution in [2.24, 2.45) is 0 Å². The van der Waals surface area contributed by atoms with E-state index in [0.717, 1.165) is 0 Å². The molecule has 0 atom stereocenters. The number of halogens is 2. The lowest BCUT2D eigenvalue weighted by atomic mass is 14.0. The summed E-state index contributed by atoms with van der Waals surface area (Å²) in [5.74, 6) is 0. The molecular weight excluding hydrogens is 84.1 g/mol. The predicted molar refractivity (Wildman–Crippen MR) is 12.3 cm³/mol. The van der Waals surface area contributed by atoms with Crippen molar-refractivity contribution in [3.05, 3.63) is 0 Å². The van der Waals surface area contributed by atoms with Gasteiger partial charge in [-0.05, 0) is 0 Å². The van der Waals surface area contributed by atoms with E-state index in [2.05, 4.69) is 0 Å². The van der Waals surface area contributed by atoms with Crippen LogP contribution in [0.5, 0.6) is 0 Å². The van der Waals surface area contributed by atoms with Gasteiger partial charge in [0.2, 0.25) is 0 Å². The van der Waals surface area contributed by atoms with Crippen LogP contribution in [0.15, 0.2) is 0 Å². The number of hydrogen-bond acceptors (Lipinski definition) is 1. The lowest BCUT2D eigenvalue weighted by Gasteiger charge is -1.53. The number of nitrogens with one attached hydrogen (secondary N) is 1. The summed E-state index contributed by atoms with van der Waals surface area (Å²) in [5, 5.41) is 0. The molecule has 0 amide bonds. The Balaban J connectivity index is 2.80. The molecule has 0 bridgehead atoms. The van der Waals surface area contributed by atoms with Crippen molar-refractivity contribution in [2.45, 2.75) is 0 Å². The Kier molecular flexibility index (Phi) is 1.35. The summed E-state index contributed by atoms with van der Waals surface area (Å²) in [7, 11) is 0. The van der Waals surface area contributed by atoms with Gasteiger partial charge in [0.15, 0.2) is 0 Å². The van der Waals surface area contributed by atoms with E-state index in [1.54, 1.807) is 0 Å². The maximum atomic E-state index is 10.0. The van der Waals surface area contributed by atoms with Crippen LogP contribution in [0, 0.1) is 4.78 Å². The Hall–Kier alpha value is 0.01000. The van der Waals surface area contributed by atoms with E-state index in [0.29, 0.717) is 0 Å². The summed E-state index contributed by atoms with van der Waals surface area (Å²) in [6.07, 6.45) is 0. The highest BCUT2D eigenvalue weighted by Gasteiger charge is 1.65. The van der Waals surface area contributed by atoms with Gasteiger partial charge in [0.1, 0.15) is 0 Å². The highest BCUT2D eigenvalue weighted by atomic mass is 32.2. The fourth-order valence-corrected chi connectivity index (χ4v) is 0. The van der Waals surface area contributed by atoms with Crippen LogP contribution in [-0.4, -0.2) is 0 Å². The summed E-state index contributed by atoms with van der Waals surface area (Å²) in [4.78, 5) is 0. The van der Waals surface area contributed by atoms with E-state index in [1.807, 2.05) is 0 Å². The molecule has 0 heterocycles. The van der Waals surface area contributed by atoms with Gasteiger partial charge in [-0.15, -0.1) is 7.77 Å². The molecule has 0 spiro atoms. The third-order valence-corrected chi connectivity index (χ3v) is 0. The largest absolute Gasteiger partial charge is 0.258 e. The zero-order valence-corrected chi connectivity index (χ0v) is 2.48. The van der Waals surface area contributed by atoms with Gasteiger partial charge in [0.05, 0.1) is 0 Å². The minimum atomic E-state index is -3.11. The van der Waals surface area contributed by atoms with Gasteiger partial charge < -0.3 is 0 Å². The average molecular weight is 85.1 g/mol. The molecule has 0 aromatic rings. The Bertz CT molecular complexity index is 29.0. The van der Waals surface area contributed by atoms with Crippen molar-refractivity contribution in [3.63, 3.8) is 0 Å². The second-order valence-electron chi connectivity index (χ2n) is 0.213. The Labute approximate surface area is 25.1 Å². The maximum absolute atomic E-state index is 10.0. The molecular formula is HF2NS. The van der Waals surface area contributed by atoms with E-state index in [1.165, 1.54) is 0 Å². The van der Waals surface area contributed by atoms with Gasteiger partial charge in [0.25, 0.3) is 11.5 Å². The predicted octanol–water partition coefficient (Wildman–Crippen LogP) is 1.14. The molecule has 0 radical (unpaired) electrons. The van der Waals surface area contributed by atoms with Crippen LogP contribution in [0.2, 0.25) is 0 Å². The monoisotopic (exact) mass is 85.0 g/mol. The molecule has 1 nitrogen and oxygen atoms in total. The van der Waals surface area contributed by atoms with Gasteiger partial charge in [-0.1, -0.05) is 0 Å². The van der Waals surface area contributed by atoms with Crippen LogP contribution in [-0.2, 0) is 11.5 Å². The van der Waals surface area contributed by atoms with Gasteiger partial charge in [-0.3, -0.25) is 0 Å². The van der Waals surface area contributed by atoms with E-state index in [4.69, 9.17) is 4.78 Å². The second kappa shape index (κ2) is 1.34. The van der Waals surface area contributed by atoms with Gasteiger partial charge in [-0.25, -0.2) is 4.78 Å². The first-order valence-corrected chi connectivity index (χ1v) is 1.54. The van der Waals surface area contributed by atoms with Gasteiger partial charge in [0, 0.05) is 0 Å². The van der Waals surface area contributed by atoms with Crippen molar-refractivity contribution < 1.29 is 7.77 Å². The topological polar surface area (TPSA) is 23.9 Å². The molecule has 0 rings (SSSR count). The molecule has 0 aromatic heterocycles. The van der Waals surface area contributed by atoms with Gasteiger partial charge >= 0.3 is 0 Å². The molecule has 0 fully saturated rings. The lowest BCUT2D eigenvalue weighted by molar-refractivity contribution is 0.780. The van der Waals surface area contributed by atoms with E-state index in [9.17, 15) is 7.77 Å². The third kappa shape index (κ3) is 20500. The zero-order valence-electron chi connectivity index (χ0n) is 1.66. The highest BCUT2D eigenvalue weighted by molar-refractivity contribution is 7.75. The molecule has 0 aliphatic carbocycles. The van der Waals surface area contributed by atoms with E-state index in [-0.39, 0.29) is 0 Å². The van der Waals surface area contributed by atoms with Crippen LogP contribution in [0.1, 0.15) is 0 Å². The molecule has 4 heteroatoms. The second-order valence-corrected chi connectivity index (χ2v) is 0.638. The molecule has 0 saturated carbocycles. The fraction of sp³-hybridized carbons (Fsp3) is 0. The summed E-state index contributed by atoms with van der Waals surface area (Å²) in [6, 6.07) is 0. The fourth-order valence-electron chi connectivity index (χ4n) is 0. The Morgan fingerprint density at radius 3 is 1.50 bits per heavy atom. The Morgan fingerprint density at radius 1 is 1.50 bits per heavy atom. The van der Waals surface area contributed by atoms with Crippen molar-refractivity contribution >= 4 is 11.5 Å². The van der Waals surface area contributed by atoms with Crippen LogP contribution < -0.4 is 0 Å². The first-order valence-electron chi connectivity index (χ1n) is 0.513. The molecule has 4 heavy (non-hydrogen) atoms. The average Bonchev–Trinajstić information content (AvgIpc) is 0.811. The standard InChI is InChI=1S/F2HNS/c1-4(2)3/h3H. The summed E-state index contributed by atoms with van der Waals surface area (Å²) in [5.41, 5.74) is 0. The molecule has 1 N–H and O–H groups in total. The highest BCUT2D eigenvalue weighted by Crippen LogP contribution is 1.77. The van der Waals surface area contributed by atoms with Crippen molar-refractivity contribution in [1.29, 1.82) is 4.78 Å². The molecule has 0 saturated heterocycles. The summed E-state index contributed by atoms with van der Waals surface area (Å²) < 4.78 is 25.3. The summed E-state index contributed by atoms with van der Waals surface area (Å²) in [6.45, 7) is 0. The van der Waals surface area contributed by atoms with Crippen molar-refractivity contribution in [1.82, 2.24) is 0 Å². The normalized spacial score (nSPS) is 8.75. The first kappa shape index (κ1) is 4.01. The molecule has 0 aliphatic heterocycles. The quantitative estimate of drug-likeness (QED) is 0.456. The van der Waals surface area contributed by atoms with Crippen molar-refractivity contribution in [2.75, 3.05) is 0 Å². The SMILES string of the molecule is N=S(F)F. The van der Waals surface area contributed by atoms with E-state index < -0.39 is 11.5 Å². The zero-order chi connectivity index (χ0) is 3.58.